The molecule has 2 rings (SSSR count). The van der Waals surface area contributed by atoms with Gasteiger partial charge in [-0.3, -0.25) is 4.90 Å². The fourth-order valence-electron chi connectivity index (χ4n) is 1.98. The monoisotopic (exact) mass is 344 g/mol. The van der Waals surface area contributed by atoms with Crippen molar-refractivity contribution in [2.75, 3.05) is 19.7 Å². The molecule has 0 aliphatic rings. The molecule has 21 heavy (non-hydrogen) atoms. The van der Waals surface area contributed by atoms with E-state index in [-0.39, 0.29) is 0 Å². The largest absolute Gasteiger partial charge is 0.492 e. The van der Waals surface area contributed by atoms with E-state index in [2.05, 4.69) is 39.0 Å². The molecule has 2 aromatic rings. The van der Waals surface area contributed by atoms with Gasteiger partial charge in [-0.15, -0.1) is 0 Å². The summed E-state index contributed by atoms with van der Waals surface area (Å²) in [6, 6.07) is 20.1. The molecule has 4 heteroatoms. The molecule has 0 aromatic heterocycles. The van der Waals surface area contributed by atoms with Gasteiger partial charge in [0.05, 0.1) is 12.6 Å². The normalized spacial score (nSPS) is 10.3. The van der Waals surface area contributed by atoms with E-state index in [0.29, 0.717) is 13.2 Å². The van der Waals surface area contributed by atoms with Crippen LogP contribution in [0.2, 0.25) is 0 Å². The van der Waals surface area contributed by atoms with Gasteiger partial charge in [-0.05, 0) is 29.8 Å². The molecule has 0 saturated heterocycles. The number of nitriles is 1. The summed E-state index contributed by atoms with van der Waals surface area (Å²) in [7, 11) is 0. The Labute approximate surface area is 133 Å². The van der Waals surface area contributed by atoms with Crippen LogP contribution in [0, 0.1) is 11.3 Å². The highest BCUT2D eigenvalue weighted by Gasteiger charge is 2.05. The van der Waals surface area contributed by atoms with Crippen molar-refractivity contribution in [2.24, 2.45) is 0 Å². The van der Waals surface area contributed by atoms with E-state index in [1.54, 1.807) is 0 Å². The average Bonchev–Trinajstić information content (AvgIpc) is 2.50. The van der Waals surface area contributed by atoms with Gasteiger partial charge in [0.25, 0.3) is 0 Å². The Kier molecular flexibility index (Phi) is 6.26. The minimum Gasteiger partial charge on any atom is -0.492 e. The van der Waals surface area contributed by atoms with E-state index >= 15 is 0 Å². The lowest BCUT2D eigenvalue weighted by atomic mass is 10.2. The lowest BCUT2D eigenvalue weighted by molar-refractivity contribution is 0.219. The number of benzene rings is 2. The van der Waals surface area contributed by atoms with Gasteiger partial charge in [-0.1, -0.05) is 46.3 Å². The van der Waals surface area contributed by atoms with Crippen LogP contribution >= 0.6 is 15.9 Å². The first-order valence-electron chi connectivity index (χ1n) is 6.79. The molecule has 0 N–H and O–H groups in total. The van der Waals surface area contributed by atoms with Crippen molar-refractivity contribution in [3.63, 3.8) is 0 Å². The number of ether oxygens (including phenoxy) is 1. The minimum absolute atomic E-state index is 0.401. The smallest absolute Gasteiger partial charge is 0.119 e. The second kappa shape index (κ2) is 8.46. The minimum atomic E-state index is 0.401. The molecule has 0 aliphatic carbocycles. The third kappa shape index (κ3) is 5.58. The Morgan fingerprint density at radius 2 is 1.76 bits per heavy atom. The molecular weight excluding hydrogens is 328 g/mol. The lowest BCUT2D eigenvalue weighted by Crippen LogP contribution is -2.28. The van der Waals surface area contributed by atoms with Gasteiger partial charge in [-0.25, -0.2) is 0 Å². The quantitative estimate of drug-likeness (QED) is 0.715. The molecule has 2 aromatic carbocycles. The Hall–Kier alpha value is -1.83. The third-order valence-electron chi connectivity index (χ3n) is 3.03. The Balaban J connectivity index is 1.83. The molecule has 0 unspecified atom stereocenters. The summed E-state index contributed by atoms with van der Waals surface area (Å²) in [6.45, 7) is 2.45. The van der Waals surface area contributed by atoms with Gasteiger partial charge < -0.3 is 4.74 Å². The maximum atomic E-state index is 8.92. The highest BCUT2D eigenvalue weighted by molar-refractivity contribution is 9.10. The van der Waals surface area contributed by atoms with Crippen molar-refractivity contribution in [2.45, 2.75) is 6.54 Å². The van der Waals surface area contributed by atoms with Crippen molar-refractivity contribution >= 4 is 15.9 Å². The summed E-state index contributed by atoms with van der Waals surface area (Å²) in [5, 5.41) is 8.92. The van der Waals surface area contributed by atoms with Crippen LogP contribution in [0.1, 0.15) is 5.56 Å². The van der Waals surface area contributed by atoms with Gasteiger partial charge in [-0.2, -0.15) is 5.26 Å². The Morgan fingerprint density at radius 3 is 2.43 bits per heavy atom. The highest BCUT2D eigenvalue weighted by atomic mass is 79.9. The van der Waals surface area contributed by atoms with Crippen molar-refractivity contribution in [1.29, 1.82) is 5.26 Å². The summed E-state index contributed by atoms with van der Waals surface area (Å²) in [5.74, 6) is 0.842. The predicted molar refractivity (Wildman–Crippen MR) is 87.0 cm³/mol. The van der Waals surface area contributed by atoms with E-state index in [1.807, 2.05) is 42.5 Å². The predicted octanol–water partition coefficient (Wildman–Crippen LogP) is 3.85. The molecule has 0 heterocycles. The summed E-state index contributed by atoms with van der Waals surface area (Å²) < 4.78 is 6.74. The van der Waals surface area contributed by atoms with Crippen molar-refractivity contribution in [3.8, 4) is 11.8 Å². The first kappa shape index (κ1) is 15.6. The van der Waals surface area contributed by atoms with E-state index < -0.39 is 0 Å². The van der Waals surface area contributed by atoms with E-state index in [9.17, 15) is 0 Å². The van der Waals surface area contributed by atoms with Gasteiger partial charge >= 0.3 is 0 Å². The van der Waals surface area contributed by atoms with Gasteiger partial charge in [0.2, 0.25) is 0 Å². The molecule has 108 valence electrons. The summed E-state index contributed by atoms with van der Waals surface area (Å²) >= 11 is 3.39. The molecule has 0 saturated carbocycles. The molecule has 0 aliphatic heterocycles. The van der Waals surface area contributed by atoms with Crippen molar-refractivity contribution in [3.05, 3.63) is 64.6 Å². The SMILES string of the molecule is N#CCN(CCOc1ccc(Br)cc1)Cc1ccccc1. The third-order valence-corrected chi connectivity index (χ3v) is 3.56. The topological polar surface area (TPSA) is 36.3 Å². The molecule has 0 amide bonds. The first-order chi connectivity index (χ1) is 10.3. The molecular formula is C17H17BrN2O. The summed E-state index contributed by atoms with van der Waals surface area (Å²) in [5.41, 5.74) is 1.20. The highest BCUT2D eigenvalue weighted by Crippen LogP contribution is 2.16. The molecule has 0 spiro atoms. The zero-order valence-electron chi connectivity index (χ0n) is 11.7. The standard InChI is InChI=1S/C17H17BrN2O/c18-16-6-8-17(9-7-16)21-13-12-20(11-10-19)14-15-4-2-1-3-5-15/h1-9H,11-14H2. The van der Waals surface area contributed by atoms with Crippen LogP contribution in [0.4, 0.5) is 0 Å². The Morgan fingerprint density at radius 1 is 1.05 bits per heavy atom. The van der Waals surface area contributed by atoms with Crippen LogP contribution in [0.3, 0.4) is 0 Å². The van der Waals surface area contributed by atoms with E-state index in [0.717, 1.165) is 23.3 Å². The number of hydrogen-bond donors (Lipinski definition) is 0. The second-order valence-corrected chi connectivity index (χ2v) is 5.57. The van der Waals surface area contributed by atoms with E-state index in [1.165, 1.54) is 5.56 Å². The first-order valence-corrected chi connectivity index (χ1v) is 7.59. The number of rotatable bonds is 7. The molecule has 3 nitrogen and oxygen atoms in total. The Bertz CT molecular complexity index is 578. The van der Waals surface area contributed by atoms with E-state index in [4.69, 9.17) is 10.00 Å². The zero-order chi connectivity index (χ0) is 14.9. The van der Waals surface area contributed by atoms with Crippen molar-refractivity contribution < 1.29 is 4.74 Å². The van der Waals surface area contributed by atoms with Gasteiger partial charge in [0.15, 0.2) is 0 Å². The van der Waals surface area contributed by atoms with Crippen molar-refractivity contribution in [1.82, 2.24) is 4.90 Å². The summed E-state index contributed by atoms with van der Waals surface area (Å²) in [4.78, 5) is 2.08. The zero-order valence-corrected chi connectivity index (χ0v) is 13.3. The van der Waals surface area contributed by atoms with Crippen LogP contribution in [-0.4, -0.2) is 24.6 Å². The van der Waals surface area contributed by atoms with Crippen LogP contribution in [0.5, 0.6) is 5.75 Å². The van der Waals surface area contributed by atoms with Crippen LogP contribution in [0.15, 0.2) is 59.1 Å². The molecule has 0 atom stereocenters. The number of nitrogens with zero attached hydrogens (tertiary/aromatic N) is 2. The van der Waals surface area contributed by atoms with Crippen LogP contribution in [-0.2, 0) is 6.54 Å². The maximum Gasteiger partial charge on any atom is 0.119 e. The maximum absolute atomic E-state index is 8.92. The number of halogens is 1. The molecule has 0 radical (unpaired) electrons. The fraction of sp³-hybridized carbons (Fsp3) is 0.235. The van der Waals surface area contributed by atoms with Crippen LogP contribution < -0.4 is 4.74 Å². The van der Waals surface area contributed by atoms with Crippen LogP contribution in [0.25, 0.3) is 0 Å². The summed E-state index contributed by atoms with van der Waals surface area (Å²) in [6.07, 6.45) is 0. The van der Waals surface area contributed by atoms with Gasteiger partial charge in [0.1, 0.15) is 12.4 Å². The molecule has 0 fully saturated rings. The average molecular weight is 345 g/mol. The van der Waals surface area contributed by atoms with Gasteiger partial charge in [0, 0.05) is 17.6 Å². The fourth-order valence-corrected chi connectivity index (χ4v) is 2.24. The second-order valence-electron chi connectivity index (χ2n) is 4.66. The lowest BCUT2D eigenvalue weighted by Gasteiger charge is -2.19. The number of hydrogen-bond acceptors (Lipinski definition) is 3. The molecule has 0 bridgehead atoms.